The van der Waals surface area contributed by atoms with Gasteiger partial charge >= 0.3 is 0 Å². The highest BCUT2D eigenvalue weighted by atomic mass is 32.2. The van der Waals surface area contributed by atoms with Crippen LogP contribution < -0.4 is 9.62 Å². The summed E-state index contributed by atoms with van der Waals surface area (Å²) in [6, 6.07) is 23.6. The molecule has 0 aliphatic rings. The van der Waals surface area contributed by atoms with E-state index in [1.165, 1.54) is 17.0 Å². The third-order valence-electron chi connectivity index (χ3n) is 6.16. The maximum atomic E-state index is 14.0. The Morgan fingerprint density at radius 1 is 0.895 bits per heavy atom. The molecule has 0 aliphatic heterocycles. The Balaban J connectivity index is 2.01. The molecule has 3 rings (SSSR count). The van der Waals surface area contributed by atoms with Gasteiger partial charge < -0.3 is 10.2 Å². The maximum Gasteiger partial charge on any atom is 0.264 e. The molecule has 0 fully saturated rings. The SMILES string of the molecule is CC[C@H](C(=O)NCC(C)C)N(Cc1cccc(C)c1)C(=O)CN(c1ccccc1)S(=O)(=O)c1ccccc1. The molecule has 0 saturated carbocycles. The zero-order valence-electron chi connectivity index (χ0n) is 22.5. The second-order valence-corrected chi connectivity index (χ2v) is 11.6. The minimum atomic E-state index is -4.05. The summed E-state index contributed by atoms with van der Waals surface area (Å²) >= 11 is 0. The number of hydrogen-bond acceptors (Lipinski definition) is 4. The Morgan fingerprint density at radius 3 is 2.11 bits per heavy atom. The summed E-state index contributed by atoms with van der Waals surface area (Å²) in [5.41, 5.74) is 2.27. The predicted octanol–water partition coefficient (Wildman–Crippen LogP) is 4.77. The van der Waals surface area contributed by atoms with Crippen LogP contribution >= 0.6 is 0 Å². The summed E-state index contributed by atoms with van der Waals surface area (Å²) in [4.78, 5) is 28.8. The number of nitrogens with zero attached hydrogens (tertiary/aromatic N) is 2. The van der Waals surface area contributed by atoms with E-state index in [0.29, 0.717) is 18.7 Å². The van der Waals surface area contributed by atoms with Gasteiger partial charge in [0.2, 0.25) is 11.8 Å². The van der Waals surface area contributed by atoms with Gasteiger partial charge in [0.15, 0.2) is 0 Å². The molecule has 1 atom stereocenters. The van der Waals surface area contributed by atoms with Crippen LogP contribution in [-0.4, -0.2) is 44.3 Å². The number of nitrogens with one attached hydrogen (secondary N) is 1. The molecule has 0 saturated heterocycles. The third kappa shape index (κ3) is 7.44. The normalized spacial score (nSPS) is 12.1. The number of benzene rings is 3. The molecule has 8 heteroatoms. The van der Waals surface area contributed by atoms with Crippen LogP contribution in [0.1, 0.15) is 38.3 Å². The van der Waals surface area contributed by atoms with Crippen molar-refractivity contribution < 1.29 is 18.0 Å². The van der Waals surface area contributed by atoms with Crippen LogP contribution in [0.4, 0.5) is 5.69 Å². The monoisotopic (exact) mass is 535 g/mol. The molecular formula is C30H37N3O4S. The van der Waals surface area contributed by atoms with Crippen molar-refractivity contribution in [2.45, 2.75) is 51.6 Å². The number of carbonyl (C=O) groups is 2. The second-order valence-electron chi connectivity index (χ2n) is 9.73. The van der Waals surface area contributed by atoms with E-state index in [1.54, 1.807) is 48.5 Å². The molecule has 0 radical (unpaired) electrons. The summed E-state index contributed by atoms with van der Waals surface area (Å²) < 4.78 is 28.6. The van der Waals surface area contributed by atoms with E-state index in [9.17, 15) is 18.0 Å². The Kier molecular flexibility index (Phi) is 10.1. The fourth-order valence-electron chi connectivity index (χ4n) is 4.19. The van der Waals surface area contributed by atoms with Crippen molar-refractivity contribution in [1.29, 1.82) is 0 Å². The van der Waals surface area contributed by atoms with E-state index in [1.807, 2.05) is 52.0 Å². The lowest BCUT2D eigenvalue weighted by atomic mass is 10.1. The van der Waals surface area contributed by atoms with E-state index in [4.69, 9.17) is 0 Å². The van der Waals surface area contributed by atoms with Gasteiger partial charge in [-0.1, -0.05) is 87.0 Å². The summed E-state index contributed by atoms with van der Waals surface area (Å²) in [7, 11) is -4.05. The van der Waals surface area contributed by atoms with Crippen molar-refractivity contribution in [3.05, 3.63) is 96.1 Å². The van der Waals surface area contributed by atoms with Gasteiger partial charge in [0.1, 0.15) is 12.6 Å². The highest BCUT2D eigenvalue weighted by molar-refractivity contribution is 7.92. The lowest BCUT2D eigenvalue weighted by Gasteiger charge is -2.33. The third-order valence-corrected chi connectivity index (χ3v) is 7.95. The van der Waals surface area contributed by atoms with Gasteiger partial charge in [0.25, 0.3) is 10.0 Å². The molecule has 3 aromatic rings. The highest BCUT2D eigenvalue weighted by Gasteiger charge is 2.33. The molecule has 0 spiro atoms. The number of rotatable bonds is 12. The molecular weight excluding hydrogens is 498 g/mol. The van der Waals surface area contributed by atoms with Crippen LogP contribution in [0.5, 0.6) is 0 Å². The molecule has 3 aromatic carbocycles. The van der Waals surface area contributed by atoms with E-state index in [0.717, 1.165) is 15.4 Å². The van der Waals surface area contributed by atoms with Gasteiger partial charge in [-0.3, -0.25) is 13.9 Å². The van der Waals surface area contributed by atoms with E-state index in [-0.39, 0.29) is 23.3 Å². The van der Waals surface area contributed by atoms with Crippen LogP contribution in [-0.2, 0) is 26.2 Å². The van der Waals surface area contributed by atoms with Crippen LogP contribution in [0.15, 0.2) is 89.8 Å². The van der Waals surface area contributed by atoms with E-state index >= 15 is 0 Å². The van der Waals surface area contributed by atoms with Crippen molar-refractivity contribution in [1.82, 2.24) is 10.2 Å². The zero-order chi connectivity index (χ0) is 27.7. The standard InChI is InChI=1S/C30H37N3O4S/c1-5-28(30(35)31-20-23(2)3)32(21-25-14-12-13-24(4)19-25)29(34)22-33(26-15-8-6-9-16-26)38(36,37)27-17-10-7-11-18-27/h6-19,23,28H,5,20-22H2,1-4H3,(H,31,35)/t28-/m1/s1. The molecule has 0 bridgehead atoms. The number of anilines is 1. The van der Waals surface area contributed by atoms with Crippen molar-refractivity contribution in [2.75, 3.05) is 17.4 Å². The minimum Gasteiger partial charge on any atom is -0.354 e. The number of amides is 2. The minimum absolute atomic E-state index is 0.0867. The van der Waals surface area contributed by atoms with Crippen LogP contribution in [0.3, 0.4) is 0 Å². The summed E-state index contributed by atoms with van der Waals surface area (Å²) in [5.74, 6) is -0.456. The van der Waals surface area contributed by atoms with Gasteiger partial charge in [-0.15, -0.1) is 0 Å². The summed E-state index contributed by atoms with van der Waals surface area (Å²) in [6.07, 6.45) is 0.387. The summed E-state index contributed by atoms with van der Waals surface area (Å²) in [6.45, 7) is 8.05. The van der Waals surface area contributed by atoms with Gasteiger partial charge in [-0.2, -0.15) is 0 Å². The first kappa shape index (κ1) is 28.9. The molecule has 38 heavy (non-hydrogen) atoms. The maximum absolute atomic E-state index is 14.0. The largest absolute Gasteiger partial charge is 0.354 e. The highest BCUT2D eigenvalue weighted by Crippen LogP contribution is 2.24. The average molecular weight is 536 g/mol. The van der Waals surface area contributed by atoms with Gasteiger partial charge in [-0.25, -0.2) is 8.42 Å². The van der Waals surface area contributed by atoms with Crippen LogP contribution in [0.25, 0.3) is 0 Å². The molecule has 0 aliphatic carbocycles. The predicted molar refractivity (Wildman–Crippen MR) is 151 cm³/mol. The molecule has 0 heterocycles. The van der Waals surface area contributed by atoms with Crippen LogP contribution in [0, 0.1) is 12.8 Å². The number of hydrogen-bond donors (Lipinski definition) is 1. The molecule has 202 valence electrons. The quantitative estimate of drug-likeness (QED) is 0.362. The molecule has 2 amide bonds. The Morgan fingerprint density at radius 2 is 1.53 bits per heavy atom. The average Bonchev–Trinajstić information content (AvgIpc) is 2.91. The molecule has 1 N–H and O–H groups in total. The van der Waals surface area contributed by atoms with Gasteiger partial charge in [-0.05, 0) is 49.1 Å². The topological polar surface area (TPSA) is 86.8 Å². The fraction of sp³-hybridized carbons (Fsp3) is 0.333. The van der Waals surface area contributed by atoms with Crippen molar-refractivity contribution >= 4 is 27.5 Å². The Hall–Kier alpha value is -3.65. The van der Waals surface area contributed by atoms with E-state index in [2.05, 4.69) is 5.32 Å². The first-order chi connectivity index (χ1) is 18.1. The number of carbonyl (C=O) groups excluding carboxylic acids is 2. The molecule has 0 unspecified atom stereocenters. The first-order valence-electron chi connectivity index (χ1n) is 12.9. The number of aryl methyl sites for hydroxylation is 1. The number of para-hydroxylation sites is 1. The smallest absolute Gasteiger partial charge is 0.264 e. The molecule has 0 aromatic heterocycles. The summed E-state index contributed by atoms with van der Waals surface area (Å²) in [5, 5.41) is 2.94. The molecule has 7 nitrogen and oxygen atoms in total. The lowest BCUT2D eigenvalue weighted by Crippen LogP contribution is -2.52. The van der Waals surface area contributed by atoms with E-state index < -0.39 is 28.5 Å². The second kappa shape index (κ2) is 13.2. The van der Waals surface area contributed by atoms with Gasteiger partial charge in [0.05, 0.1) is 10.6 Å². The van der Waals surface area contributed by atoms with Crippen molar-refractivity contribution in [2.24, 2.45) is 5.92 Å². The fourth-order valence-corrected chi connectivity index (χ4v) is 5.63. The van der Waals surface area contributed by atoms with Crippen LogP contribution in [0.2, 0.25) is 0 Å². The lowest BCUT2D eigenvalue weighted by molar-refractivity contribution is -0.140. The Labute approximate surface area is 226 Å². The Bertz CT molecular complexity index is 1310. The van der Waals surface area contributed by atoms with Crippen molar-refractivity contribution in [3.63, 3.8) is 0 Å². The number of sulfonamides is 1. The van der Waals surface area contributed by atoms with Gasteiger partial charge in [0, 0.05) is 13.1 Å². The zero-order valence-corrected chi connectivity index (χ0v) is 23.3. The van der Waals surface area contributed by atoms with Crippen molar-refractivity contribution in [3.8, 4) is 0 Å². The first-order valence-corrected chi connectivity index (χ1v) is 14.3.